The van der Waals surface area contributed by atoms with Crippen LogP contribution in [0, 0.1) is 0 Å². The van der Waals surface area contributed by atoms with Crippen molar-refractivity contribution < 1.29 is 38.1 Å². The fraction of sp³-hybridized carbons (Fsp3) is 0.231. The van der Waals surface area contributed by atoms with E-state index < -0.39 is 17.7 Å². The molecule has 1 fully saturated rings. The Morgan fingerprint density at radius 2 is 1.83 bits per heavy atom. The summed E-state index contributed by atoms with van der Waals surface area (Å²) in [7, 11) is 2.97. The third kappa shape index (κ3) is 3.84. The minimum atomic E-state index is -0.960. The van der Waals surface area contributed by atoms with Gasteiger partial charge in [-0.2, -0.15) is 0 Å². The predicted molar refractivity (Wildman–Crippen MR) is 124 cm³/mol. The Labute approximate surface area is 201 Å². The van der Waals surface area contributed by atoms with Gasteiger partial charge in [-0.3, -0.25) is 9.59 Å². The molecule has 2 aromatic carbocycles. The SMILES string of the molecule is COc1cccc(C2C(=C(O)c3ccc4c(c3)OCCO4)C(=O)C(=O)N2Cc2ccco2)c1OC. The molecule has 3 heterocycles. The first-order valence-electron chi connectivity index (χ1n) is 10.9. The van der Waals surface area contributed by atoms with E-state index in [9.17, 15) is 14.7 Å². The molecule has 0 radical (unpaired) electrons. The normalized spacial score (nSPS) is 18.6. The average molecular weight is 477 g/mol. The van der Waals surface area contributed by atoms with E-state index in [-0.39, 0.29) is 17.9 Å². The molecule has 1 atom stereocenters. The van der Waals surface area contributed by atoms with Crippen LogP contribution in [0.1, 0.15) is 22.9 Å². The fourth-order valence-electron chi connectivity index (χ4n) is 4.41. The summed E-state index contributed by atoms with van der Waals surface area (Å²) in [6.45, 7) is 0.804. The number of amides is 1. The number of ether oxygens (including phenoxy) is 4. The van der Waals surface area contributed by atoms with Crippen molar-refractivity contribution in [2.24, 2.45) is 0 Å². The first-order chi connectivity index (χ1) is 17.0. The number of ketones is 1. The van der Waals surface area contributed by atoms with Gasteiger partial charge in [0.1, 0.15) is 24.7 Å². The maximum atomic E-state index is 13.3. The Kier molecular flexibility index (Phi) is 5.82. The molecule has 180 valence electrons. The number of benzene rings is 2. The lowest BCUT2D eigenvalue weighted by Gasteiger charge is -2.26. The monoisotopic (exact) mass is 477 g/mol. The molecule has 1 unspecified atom stereocenters. The Morgan fingerprint density at radius 1 is 1.03 bits per heavy atom. The average Bonchev–Trinajstić information content (AvgIpc) is 3.49. The first kappa shape index (κ1) is 22.4. The molecule has 2 aliphatic rings. The second kappa shape index (κ2) is 9.09. The van der Waals surface area contributed by atoms with Crippen molar-refractivity contribution in [1.82, 2.24) is 4.90 Å². The van der Waals surface area contributed by atoms with Crippen molar-refractivity contribution in [3.63, 3.8) is 0 Å². The lowest BCUT2D eigenvalue weighted by Crippen LogP contribution is -2.29. The molecule has 2 aliphatic heterocycles. The van der Waals surface area contributed by atoms with Crippen molar-refractivity contribution in [3.05, 3.63) is 77.3 Å². The quantitative estimate of drug-likeness (QED) is 0.325. The topological polar surface area (TPSA) is 108 Å². The van der Waals surface area contributed by atoms with E-state index >= 15 is 0 Å². The standard InChI is InChI=1S/C26H23NO8/c1-31-19-7-3-6-17(25(19)32-2)22-21(24(29)26(30)27(22)14-16-5-4-10-33-16)23(28)15-8-9-18-20(13-15)35-12-11-34-18/h3-10,13,22,28H,11-12,14H2,1-2H3. The van der Waals surface area contributed by atoms with Crippen LogP contribution in [-0.4, -0.2) is 49.1 Å². The second-order valence-electron chi connectivity index (χ2n) is 7.95. The molecule has 0 bridgehead atoms. The molecular weight excluding hydrogens is 454 g/mol. The number of hydrogen-bond acceptors (Lipinski definition) is 8. The number of para-hydroxylation sites is 1. The summed E-state index contributed by atoms with van der Waals surface area (Å²) in [5.41, 5.74) is 0.721. The summed E-state index contributed by atoms with van der Waals surface area (Å²) in [5, 5.41) is 11.4. The Bertz CT molecular complexity index is 1310. The van der Waals surface area contributed by atoms with Gasteiger partial charge < -0.3 is 33.4 Å². The van der Waals surface area contributed by atoms with Crippen LogP contribution in [-0.2, 0) is 16.1 Å². The van der Waals surface area contributed by atoms with Crippen LogP contribution >= 0.6 is 0 Å². The number of furan rings is 1. The van der Waals surface area contributed by atoms with Crippen molar-refractivity contribution in [2.45, 2.75) is 12.6 Å². The van der Waals surface area contributed by atoms with Gasteiger partial charge >= 0.3 is 0 Å². The fourth-order valence-corrected chi connectivity index (χ4v) is 4.41. The third-order valence-electron chi connectivity index (χ3n) is 5.99. The molecule has 0 saturated carbocycles. The van der Waals surface area contributed by atoms with Gasteiger partial charge in [-0.05, 0) is 36.4 Å². The van der Waals surface area contributed by atoms with Crippen LogP contribution in [0.25, 0.3) is 5.76 Å². The zero-order valence-electron chi connectivity index (χ0n) is 19.1. The Balaban J connectivity index is 1.69. The van der Waals surface area contributed by atoms with E-state index in [0.29, 0.717) is 53.1 Å². The van der Waals surface area contributed by atoms with E-state index in [2.05, 4.69) is 0 Å². The number of carbonyl (C=O) groups excluding carboxylic acids is 2. The number of methoxy groups -OCH3 is 2. The first-order valence-corrected chi connectivity index (χ1v) is 10.9. The van der Waals surface area contributed by atoms with E-state index in [1.165, 1.54) is 25.4 Å². The van der Waals surface area contributed by atoms with Crippen molar-refractivity contribution >= 4 is 17.4 Å². The molecule has 0 aliphatic carbocycles. The molecule has 1 N–H and O–H groups in total. The number of carbonyl (C=O) groups is 2. The molecule has 1 aromatic heterocycles. The summed E-state index contributed by atoms with van der Waals surface area (Å²) < 4.78 is 27.6. The largest absolute Gasteiger partial charge is 0.507 e. The smallest absolute Gasteiger partial charge is 0.296 e. The molecule has 9 heteroatoms. The molecule has 0 spiro atoms. The number of likely N-dealkylation sites (tertiary alicyclic amines) is 1. The highest BCUT2D eigenvalue weighted by Crippen LogP contribution is 2.46. The van der Waals surface area contributed by atoms with Crippen LogP contribution < -0.4 is 18.9 Å². The van der Waals surface area contributed by atoms with Gasteiger partial charge in [0, 0.05) is 11.1 Å². The minimum absolute atomic E-state index is 0.0144. The number of aliphatic hydroxyl groups excluding tert-OH is 1. The van der Waals surface area contributed by atoms with Crippen LogP contribution in [0.2, 0.25) is 0 Å². The summed E-state index contributed by atoms with van der Waals surface area (Å²) >= 11 is 0. The van der Waals surface area contributed by atoms with E-state index in [0.717, 1.165) is 0 Å². The lowest BCUT2D eigenvalue weighted by atomic mass is 9.94. The van der Waals surface area contributed by atoms with Crippen LogP contribution in [0.4, 0.5) is 0 Å². The van der Waals surface area contributed by atoms with Gasteiger partial charge in [0.05, 0.1) is 38.6 Å². The highest BCUT2D eigenvalue weighted by atomic mass is 16.6. The highest BCUT2D eigenvalue weighted by Gasteiger charge is 2.47. The maximum Gasteiger partial charge on any atom is 0.296 e. The maximum absolute atomic E-state index is 13.3. The van der Waals surface area contributed by atoms with E-state index in [4.69, 9.17) is 23.4 Å². The van der Waals surface area contributed by atoms with Crippen LogP contribution in [0.3, 0.4) is 0 Å². The van der Waals surface area contributed by atoms with Gasteiger partial charge in [0.25, 0.3) is 11.7 Å². The number of nitrogens with zero attached hydrogens (tertiary/aromatic N) is 1. The number of fused-ring (bicyclic) bond motifs is 1. The molecule has 9 nitrogen and oxygen atoms in total. The lowest BCUT2D eigenvalue weighted by molar-refractivity contribution is -0.140. The number of aliphatic hydroxyl groups is 1. The molecule has 5 rings (SSSR count). The van der Waals surface area contributed by atoms with Crippen molar-refractivity contribution in [2.75, 3.05) is 27.4 Å². The number of Topliss-reactive ketones (excluding diaryl/α,β-unsaturated/α-hetero) is 1. The van der Waals surface area contributed by atoms with Crippen LogP contribution in [0.15, 0.2) is 64.8 Å². The third-order valence-corrected chi connectivity index (χ3v) is 5.99. The predicted octanol–water partition coefficient (Wildman–Crippen LogP) is 3.69. The highest BCUT2D eigenvalue weighted by molar-refractivity contribution is 6.46. The van der Waals surface area contributed by atoms with Crippen molar-refractivity contribution in [3.8, 4) is 23.0 Å². The number of rotatable bonds is 6. The summed E-state index contributed by atoms with van der Waals surface area (Å²) in [5.74, 6) is 0.314. The Morgan fingerprint density at radius 3 is 2.54 bits per heavy atom. The molecule has 3 aromatic rings. The zero-order valence-corrected chi connectivity index (χ0v) is 19.1. The van der Waals surface area contributed by atoms with Gasteiger partial charge in [-0.25, -0.2) is 0 Å². The summed E-state index contributed by atoms with van der Waals surface area (Å²) in [6.07, 6.45) is 1.49. The molecular formula is C26H23NO8. The van der Waals surface area contributed by atoms with Crippen LogP contribution in [0.5, 0.6) is 23.0 Å². The minimum Gasteiger partial charge on any atom is -0.507 e. The Hall–Kier alpha value is -4.40. The summed E-state index contributed by atoms with van der Waals surface area (Å²) in [4.78, 5) is 27.9. The molecule has 1 saturated heterocycles. The second-order valence-corrected chi connectivity index (χ2v) is 7.95. The summed E-state index contributed by atoms with van der Waals surface area (Å²) in [6, 6.07) is 12.5. The van der Waals surface area contributed by atoms with Gasteiger partial charge in [0.2, 0.25) is 0 Å². The molecule has 1 amide bonds. The van der Waals surface area contributed by atoms with E-state index in [1.807, 2.05) is 0 Å². The van der Waals surface area contributed by atoms with E-state index in [1.54, 1.807) is 48.5 Å². The van der Waals surface area contributed by atoms with Gasteiger partial charge in [-0.15, -0.1) is 0 Å². The molecule has 35 heavy (non-hydrogen) atoms. The van der Waals surface area contributed by atoms with Gasteiger partial charge in [0.15, 0.2) is 23.0 Å². The van der Waals surface area contributed by atoms with Gasteiger partial charge in [-0.1, -0.05) is 12.1 Å². The van der Waals surface area contributed by atoms with Crippen molar-refractivity contribution in [1.29, 1.82) is 0 Å². The zero-order chi connectivity index (χ0) is 24.5. The number of hydrogen-bond donors (Lipinski definition) is 1.